The minimum Gasteiger partial charge on any atom is -0.493 e. The number of amides is 2. The lowest BCUT2D eigenvalue weighted by Crippen LogP contribution is -2.50. The van der Waals surface area contributed by atoms with E-state index in [1.165, 1.54) is 23.1 Å². The van der Waals surface area contributed by atoms with E-state index in [0.717, 1.165) is 20.4 Å². The second-order valence-corrected chi connectivity index (χ2v) is 14.6. The second-order valence-electron chi connectivity index (χ2n) is 11.8. The number of fused-ring (bicyclic) bond motifs is 4. The van der Waals surface area contributed by atoms with Crippen LogP contribution >= 0.6 is 15.9 Å². The molecule has 2 aliphatic heterocycles. The average molecular weight is 682 g/mol. The summed E-state index contributed by atoms with van der Waals surface area (Å²) >= 11 is 3.53. The van der Waals surface area contributed by atoms with E-state index in [1.807, 2.05) is 18.2 Å². The van der Waals surface area contributed by atoms with Crippen LogP contribution in [0.5, 0.6) is 5.75 Å². The molecule has 2 unspecified atom stereocenters. The lowest BCUT2D eigenvalue weighted by Gasteiger charge is -2.39. The first-order valence-corrected chi connectivity index (χ1v) is 16.3. The van der Waals surface area contributed by atoms with Gasteiger partial charge in [0.15, 0.2) is 4.90 Å². The lowest BCUT2D eigenvalue weighted by molar-refractivity contribution is -0.387. The van der Waals surface area contributed by atoms with Crippen molar-refractivity contribution in [1.29, 1.82) is 0 Å². The number of nitro benzene ring substituents is 1. The molecule has 2 heterocycles. The number of hydrogen-bond donors (Lipinski definition) is 0. The number of benzene rings is 2. The number of ether oxygens (including phenoxy) is 2. The van der Waals surface area contributed by atoms with Crippen molar-refractivity contribution in [2.24, 2.45) is 5.92 Å². The van der Waals surface area contributed by atoms with Crippen LogP contribution in [0.1, 0.15) is 45.1 Å². The monoisotopic (exact) mass is 680 g/mol. The molecule has 1 saturated heterocycles. The van der Waals surface area contributed by atoms with E-state index < -0.39 is 43.1 Å². The second kappa shape index (κ2) is 13.2. The Balaban J connectivity index is 1.69. The Bertz CT molecular complexity index is 1480. The van der Waals surface area contributed by atoms with Crippen molar-refractivity contribution in [3.05, 3.63) is 62.6 Å². The average Bonchev–Trinajstić information content (AvgIpc) is 2.95. The number of sulfonamides is 1. The number of rotatable bonds is 3. The van der Waals surface area contributed by atoms with Gasteiger partial charge in [-0.05, 0) is 57.9 Å². The molecule has 0 aliphatic carbocycles. The van der Waals surface area contributed by atoms with E-state index in [2.05, 4.69) is 15.9 Å². The molecule has 2 bridgehead atoms. The molecule has 2 aromatic rings. The number of hydrogen-bond acceptors (Lipinski definition) is 8. The first kappa shape index (κ1) is 32.7. The van der Waals surface area contributed by atoms with E-state index >= 15 is 0 Å². The maximum Gasteiger partial charge on any atom is 0.410 e. The first-order valence-electron chi connectivity index (χ1n) is 14.1. The Hall–Kier alpha value is -3.23. The van der Waals surface area contributed by atoms with Crippen LogP contribution in [0.25, 0.3) is 0 Å². The Morgan fingerprint density at radius 3 is 2.49 bits per heavy atom. The van der Waals surface area contributed by atoms with Gasteiger partial charge in [-0.1, -0.05) is 28.1 Å². The Morgan fingerprint density at radius 2 is 1.79 bits per heavy atom. The van der Waals surface area contributed by atoms with E-state index in [0.29, 0.717) is 25.1 Å². The molecule has 2 aliphatic rings. The molecule has 0 N–H and O–H groups in total. The molecule has 2 amide bonds. The molecule has 43 heavy (non-hydrogen) atoms. The van der Waals surface area contributed by atoms with Crippen molar-refractivity contribution in [3.8, 4) is 5.75 Å². The summed E-state index contributed by atoms with van der Waals surface area (Å²) in [6.45, 7) is 6.03. The number of nitro groups is 1. The molecule has 234 valence electrons. The van der Waals surface area contributed by atoms with Crippen molar-refractivity contribution in [3.63, 3.8) is 0 Å². The zero-order valence-electron chi connectivity index (χ0n) is 24.7. The summed E-state index contributed by atoms with van der Waals surface area (Å²) in [6, 6.07) is 10.8. The molecule has 2 atom stereocenters. The predicted octanol–water partition coefficient (Wildman–Crippen LogP) is 4.63. The fourth-order valence-corrected chi connectivity index (χ4v) is 7.38. The van der Waals surface area contributed by atoms with E-state index in [1.54, 1.807) is 32.7 Å². The number of likely N-dealkylation sites (N-methyl/N-ethyl adjacent to an activating group) is 1. The summed E-state index contributed by atoms with van der Waals surface area (Å²) in [7, 11) is -2.69. The van der Waals surface area contributed by atoms with Crippen LogP contribution in [0.15, 0.2) is 51.8 Å². The van der Waals surface area contributed by atoms with E-state index in [9.17, 15) is 28.1 Å². The number of carbonyl (C=O) groups is 2. The minimum absolute atomic E-state index is 0.0293. The van der Waals surface area contributed by atoms with Crippen molar-refractivity contribution in [2.75, 3.05) is 46.4 Å². The predicted molar refractivity (Wildman–Crippen MR) is 162 cm³/mol. The van der Waals surface area contributed by atoms with Gasteiger partial charge in [-0.15, -0.1) is 0 Å². The highest BCUT2D eigenvalue weighted by atomic mass is 79.9. The van der Waals surface area contributed by atoms with Gasteiger partial charge in [0.2, 0.25) is 15.9 Å². The van der Waals surface area contributed by atoms with Crippen molar-refractivity contribution >= 4 is 43.6 Å². The molecule has 12 nitrogen and oxygen atoms in total. The molecule has 14 heteroatoms. The summed E-state index contributed by atoms with van der Waals surface area (Å²) in [4.78, 5) is 40.5. The van der Waals surface area contributed by atoms with Crippen LogP contribution in [0.3, 0.4) is 0 Å². The maximum absolute atomic E-state index is 13.8. The Kier molecular flexibility index (Phi) is 10.0. The number of piperidine rings is 1. The zero-order chi connectivity index (χ0) is 31.5. The molecule has 0 saturated carbocycles. The van der Waals surface area contributed by atoms with Crippen LogP contribution in [-0.4, -0.2) is 91.4 Å². The van der Waals surface area contributed by atoms with Crippen LogP contribution < -0.4 is 4.74 Å². The van der Waals surface area contributed by atoms with Gasteiger partial charge >= 0.3 is 6.09 Å². The fourth-order valence-electron chi connectivity index (χ4n) is 5.37. The van der Waals surface area contributed by atoms with Crippen molar-refractivity contribution in [2.45, 2.75) is 50.0 Å². The van der Waals surface area contributed by atoms with Crippen LogP contribution in [0.2, 0.25) is 0 Å². The number of nitrogens with zero attached hydrogens (tertiary/aromatic N) is 4. The lowest BCUT2D eigenvalue weighted by atomic mass is 9.83. The molecular formula is C29H37BrN4O8S. The van der Waals surface area contributed by atoms with Gasteiger partial charge in [0.05, 0.1) is 17.4 Å². The largest absolute Gasteiger partial charge is 0.493 e. The Morgan fingerprint density at radius 1 is 1.09 bits per heavy atom. The van der Waals surface area contributed by atoms with Gasteiger partial charge in [0.1, 0.15) is 11.4 Å². The number of halogens is 1. The van der Waals surface area contributed by atoms with Crippen molar-refractivity contribution in [1.82, 2.24) is 14.1 Å². The smallest absolute Gasteiger partial charge is 0.410 e. The van der Waals surface area contributed by atoms with Gasteiger partial charge in [0.25, 0.3) is 5.69 Å². The highest BCUT2D eigenvalue weighted by Crippen LogP contribution is 2.38. The third-order valence-electron chi connectivity index (χ3n) is 7.41. The summed E-state index contributed by atoms with van der Waals surface area (Å²) in [6.07, 6.45) is 0.232. The standard InChI is InChI=1S/C29H37BrN4O8S/c1-29(2,3)42-28(36)32-18-20-16-21(19-32)27(35)31(4)13-14-33(12-7-15-41-25-11-10-22(30)17-23(20)25)43(39,40)26-9-6-5-8-24(26)34(37)38/h5-6,8-11,17,20-21H,7,12-16,18-19H2,1-4H3. The number of para-hydroxylation sites is 1. The van der Waals surface area contributed by atoms with Gasteiger partial charge in [-0.25, -0.2) is 13.2 Å². The topological polar surface area (TPSA) is 140 Å². The SMILES string of the molecule is CN1CCN(S(=O)(=O)c2ccccc2[N+](=O)[O-])CCCOc2ccc(Br)cc2C2CC(CN(C(=O)OC(C)(C)C)C2)C1=O. The first-order chi connectivity index (χ1) is 20.2. The molecule has 2 aromatic carbocycles. The highest BCUT2D eigenvalue weighted by molar-refractivity contribution is 9.10. The summed E-state index contributed by atoms with van der Waals surface area (Å²) in [5, 5.41) is 11.6. The number of likely N-dealkylation sites (tertiary alicyclic amines) is 1. The van der Waals surface area contributed by atoms with Gasteiger partial charge < -0.3 is 19.3 Å². The summed E-state index contributed by atoms with van der Waals surface area (Å²) in [5.41, 5.74) is -0.411. The molecule has 0 aromatic heterocycles. The highest BCUT2D eigenvalue weighted by Gasteiger charge is 2.39. The Labute approximate surface area is 260 Å². The third kappa shape index (κ3) is 7.84. The quantitative estimate of drug-likeness (QED) is 0.338. The summed E-state index contributed by atoms with van der Waals surface area (Å²) in [5.74, 6) is -0.458. The third-order valence-corrected chi connectivity index (χ3v) is 9.85. The minimum atomic E-state index is -4.28. The molecule has 0 radical (unpaired) electrons. The van der Waals surface area contributed by atoms with Crippen LogP contribution in [0.4, 0.5) is 10.5 Å². The zero-order valence-corrected chi connectivity index (χ0v) is 27.1. The number of carbonyl (C=O) groups excluding carboxylic acids is 2. The van der Waals surface area contributed by atoms with Crippen molar-refractivity contribution < 1.29 is 32.4 Å². The van der Waals surface area contributed by atoms with Crippen LogP contribution in [-0.2, 0) is 19.6 Å². The molecule has 0 spiro atoms. The normalized spacial score (nSPS) is 20.9. The molecule has 1 fully saturated rings. The van der Waals surface area contributed by atoms with Gasteiger partial charge in [-0.2, -0.15) is 4.31 Å². The van der Waals surface area contributed by atoms with Crippen LogP contribution in [0, 0.1) is 16.0 Å². The molecular weight excluding hydrogens is 644 g/mol. The van der Waals surface area contributed by atoms with E-state index in [4.69, 9.17) is 9.47 Å². The fraction of sp³-hybridized carbons (Fsp3) is 0.517. The molecule has 4 rings (SSSR count). The summed E-state index contributed by atoms with van der Waals surface area (Å²) < 4.78 is 41.2. The van der Waals surface area contributed by atoms with Gasteiger partial charge in [0, 0.05) is 61.8 Å². The van der Waals surface area contributed by atoms with Gasteiger partial charge in [-0.3, -0.25) is 14.9 Å². The maximum atomic E-state index is 13.8. The van der Waals surface area contributed by atoms with E-state index in [-0.39, 0.29) is 44.6 Å².